The van der Waals surface area contributed by atoms with Gasteiger partial charge in [-0.15, -0.1) is 11.3 Å². The number of halogens is 1. The molecular weight excluding hydrogens is 272 g/mol. The van der Waals surface area contributed by atoms with E-state index in [0.717, 1.165) is 0 Å². The highest BCUT2D eigenvalue weighted by Gasteiger charge is 2.06. The molecule has 2 aromatic rings. The molecule has 18 heavy (non-hydrogen) atoms. The Morgan fingerprint density at radius 3 is 2.72 bits per heavy atom. The van der Waals surface area contributed by atoms with Crippen molar-refractivity contribution in [3.63, 3.8) is 0 Å². The first kappa shape index (κ1) is 12.7. The summed E-state index contributed by atoms with van der Waals surface area (Å²) in [6, 6.07) is 6.34. The molecule has 0 radical (unpaired) electrons. The highest BCUT2D eigenvalue weighted by atomic mass is 35.5. The van der Waals surface area contributed by atoms with E-state index in [1.807, 2.05) is 5.38 Å². The summed E-state index contributed by atoms with van der Waals surface area (Å²) in [5.74, 6) is -0.794. The first-order chi connectivity index (χ1) is 8.58. The molecule has 0 saturated heterocycles. The van der Waals surface area contributed by atoms with Gasteiger partial charge in [-0.2, -0.15) is 0 Å². The fraction of sp³-hybridized carbons (Fsp3) is 0. The van der Waals surface area contributed by atoms with Crippen molar-refractivity contribution in [2.75, 3.05) is 0 Å². The summed E-state index contributed by atoms with van der Waals surface area (Å²) < 4.78 is 0. The average molecular weight is 281 g/mol. The minimum atomic E-state index is -0.363. The van der Waals surface area contributed by atoms with Gasteiger partial charge in [-0.3, -0.25) is 4.79 Å². The zero-order chi connectivity index (χ0) is 13.1. The van der Waals surface area contributed by atoms with Crippen molar-refractivity contribution in [1.82, 2.24) is 0 Å². The number of carbonyl (C=O) groups excluding carboxylic acids is 1. The number of allylic oxidation sites excluding steroid dienone is 1. The lowest BCUT2D eigenvalue weighted by molar-refractivity contribution is 0.105. The molecule has 0 atom stereocenters. The van der Waals surface area contributed by atoms with Crippen molar-refractivity contribution in [2.45, 2.75) is 0 Å². The number of hydrogen-bond acceptors (Lipinski definition) is 4. The standard InChI is InChI=1S/C13H9ClO3S/c14-9-6-8(7-11(16)13(9)17)3-4-10(15)12-2-1-5-18-12/h1-7,16-17H/b4-3+. The van der Waals surface area contributed by atoms with E-state index in [2.05, 4.69) is 0 Å². The first-order valence-electron chi connectivity index (χ1n) is 5.05. The highest BCUT2D eigenvalue weighted by Crippen LogP contribution is 2.34. The molecule has 3 nitrogen and oxygen atoms in total. The summed E-state index contributed by atoms with van der Waals surface area (Å²) in [6.07, 6.45) is 2.93. The van der Waals surface area contributed by atoms with Gasteiger partial charge in [-0.1, -0.05) is 23.7 Å². The number of carbonyl (C=O) groups is 1. The van der Waals surface area contributed by atoms with Crippen LogP contribution in [0.15, 0.2) is 35.7 Å². The van der Waals surface area contributed by atoms with Crippen LogP contribution in [0.1, 0.15) is 15.2 Å². The second-order valence-electron chi connectivity index (χ2n) is 3.55. The van der Waals surface area contributed by atoms with Gasteiger partial charge in [0.2, 0.25) is 0 Å². The predicted octanol–water partition coefficient (Wildman–Crippen LogP) is 3.71. The Balaban J connectivity index is 2.22. The molecule has 0 saturated carbocycles. The zero-order valence-electron chi connectivity index (χ0n) is 9.13. The number of rotatable bonds is 3. The molecule has 0 fully saturated rings. The molecule has 0 unspecified atom stereocenters. The van der Waals surface area contributed by atoms with Crippen LogP contribution in [0.25, 0.3) is 6.08 Å². The van der Waals surface area contributed by atoms with Crippen molar-refractivity contribution in [3.8, 4) is 11.5 Å². The van der Waals surface area contributed by atoms with Gasteiger partial charge < -0.3 is 10.2 Å². The Kier molecular flexibility index (Phi) is 3.69. The van der Waals surface area contributed by atoms with E-state index >= 15 is 0 Å². The van der Waals surface area contributed by atoms with Crippen LogP contribution in [0.4, 0.5) is 0 Å². The normalized spacial score (nSPS) is 10.9. The number of phenolic OH excluding ortho intramolecular Hbond substituents is 2. The van der Waals surface area contributed by atoms with Crippen molar-refractivity contribution in [1.29, 1.82) is 0 Å². The molecule has 0 amide bonds. The van der Waals surface area contributed by atoms with Gasteiger partial charge in [0.15, 0.2) is 17.3 Å². The number of aromatic hydroxyl groups is 2. The first-order valence-corrected chi connectivity index (χ1v) is 6.31. The lowest BCUT2D eigenvalue weighted by Crippen LogP contribution is -1.88. The van der Waals surface area contributed by atoms with Gasteiger partial charge in [-0.05, 0) is 35.2 Å². The number of phenols is 2. The molecule has 2 rings (SSSR count). The third-order valence-corrected chi connectivity index (χ3v) is 3.43. The molecule has 0 spiro atoms. The Morgan fingerprint density at radius 1 is 1.33 bits per heavy atom. The van der Waals surface area contributed by atoms with E-state index in [0.29, 0.717) is 10.4 Å². The van der Waals surface area contributed by atoms with Crippen LogP contribution in [0.5, 0.6) is 11.5 Å². The molecule has 1 aromatic heterocycles. The van der Waals surface area contributed by atoms with E-state index in [1.165, 1.54) is 35.6 Å². The van der Waals surface area contributed by atoms with Crippen LogP contribution in [0.3, 0.4) is 0 Å². The van der Waals surface area contributed by atoms with Gasteiger partial charge in [0.05, 0.1) is 9.90 Å². The van der Waals surface area contributed by atoms with Gasteiger partial charge in [-0.25, -0.2) is 0 Å². The number of ketones is 1. The third kappa shape index (κ3) is 2.72. The molecule has 92 valence electrons. The van der Waals surface area contributed by atoms with E-state index < -0.39 is 0 Å². The SMILES string of the molecule is O=C(/C=C/c1cc(O)c(O)c(Cl)c1)c1cccs1. The summed E-state index contributed by atoms with van der Waals surface area (Å²) >= 11 is 7.07. The smallest absolute Gasteiger partial charge is 0.195 e. The fourth-order valence-corrected chi connectivity index (χ4v) is 2.24. The maximum atomic E-state index is 11.7. The quantitative estimate of drug-likeness (QED) is 0.512. The molecule has 0 bridgehead atoms. The Labute approximate surface area is 113 Å². The Morgan fingerprint density at radius 2 is 2.11 bits per heavy atom. The van der Waals surface area contributed by atoms with E-state index in [-0.39, 0.29) is 22.3 Å². The molecule has 0 aliphatic carbocycles. The second kappa shape index (κ2) is 5.25. The maximum absolute atomic E-state index is 11.7. The average Bonchev–Trinajstić information content (AvgIpc) is 2.86. The molecule has 0 aliphatic heterocycles. The summed E-state index contributed by atoms with van der Waals surface area (Å²) in [4.78, 5) is 12.3. The summed E-state index contributed by atoms with van der Waals surface area (Å²) in [6.45, 7) is 0. The van der Waals surface area contributed by atoms with Crippen molar-refractivity contribution in [2.24, 2.45) is 0 Å². The Hall–Kier alpha value is -1.78. The lowest BCUT2D eigenvalue weighted by atomic mass is 10.1. The van der Waals surface area contributed by atoms with Gasteiger partial charge >= 0.3 is 0 Å². The molecule has 2 N–H and O–H groups in total. The Bertz CT molecular complexity index is 580. The summed E-state index contributed by atoms with van der Waals surface area (Å²) in [7, 11) is 0. The van der Waals surface area contributed by atoms with Gasteiger partial charge in [0, 0.05) is 0 Å². The lowest BCUT2D eigenvalue weighted by Gasteiger charge is -2.01. The minimum Gasteiger partial charge on any atom is -0.504 e. The van der Waals surface area contributed by atoms with Crippen molar-refractivity contribution >= 4 is 34.8 Å². The van der Waals surface area contributed by atoms with E-state index in [4.69, 9.17) is 11.6 Å². The number of benzene rings is 1. The molecule has 5 heteroatoms. The van der Waals surface area contributed by atoms with Gasteiger partial charge in [0.1, 0.15) is 0 Å². The van der Waals surface area contributed by atoms with E-state index in [1.54, 1.807) is 12.1 Å². The topological polar surface area (TPSA) is 57.5 Å². The number of thiophene rings is 1. The molecule has 1 heterocycles. The molecular formula is C13H9ClO3S. The largest absolute Gasteiger partial charge is 0.504 e. The minimum absolute atomic E-state index is 0.0400. The van der Waals surface area contributed by atoms with Crippen molar-refractivity contribution in [3.05, 3.63) is 51.2 Å². The zero-order valence-corrected chi connectivity index (χ0v) is 10.7. The maximum Gasteiger partial charge on any atom is 0.195 e. The monoisotopic (exact) mass is 280 g/mol. The van der Waals surface area contributed by atoms with Gasteiger partial charge in [0.25, 0.3) is 0 Å². The van der Waals surface area contributed by atoms with Crippen LogP contribution in [-0.2, 0) is 0 Å². The molecule has 1 aromatic carbocycles. The van der Waals surface area contributed by atoms with Crippen LogP contribution < -0.4 is 0 Å². The molecule has 0 aliphatic rings. The third-order valence-electron chi connectivity index (χ3n) is 2.26. The highest BCUT2D eigenvalue weighted by molar-refractivity contribution is 7.12. The predicted molar refractivity (Wildman–Crippen MR) is 72.5 cm³/mol. The van der Waals surface area contributed by atoms with E-state index in [9.17, 15) is 15.0 Å². The van der Waals surface area contributed by atoms with Crippen LogP contribution in [-0.4, -0.2) is 16.0 Å². The number of hydrogen-bond donors (Lipinski definition) is 2. The summed E-state index contributed by atoms with van der Waals surface area (Å²) in [5.41, 5.74) is 0.542. The van der Waals surface area contributed by atoms with Crippen LogP contribution in [0.2, 0.25) is 5.02 Å². The van der Waals surface area contributed by atoms with Crippen LogP contribution in [0, 0.1) is 0 Å². The summed E-state index contributed by atoms with van der Waals surface area (Å²) in [5, 5.41) is 20.5. The fourth-order valence-electron chi connectivity index (χ4n) is 1.37. The second-order valence-corrected chi connectivity index (χ2v) is 4.90. The van der Waals surface area contributed by atoms with Crippen LogP contribution >= 0.6 is 22.9 Å². The van der Waals surface area contributed by atoms with Crippen molar-refractivity contribution < 1.29 is 15.0 Å².